The Morgan fingerprint density at radius 1 is 1.50 bits per heavy atom. The topological polar surface area (TPSA) is 60.4 Å². The van der Waals surface area contributed by atoms with Gasteiger partial charge in [-0.2, -0.15) is 0 Å². The van der Waals surface area contributed by atoms with Crippen LogP contribution in [0, 0.1) is 0 Å². The Kier molecular flexibility index (Phi) is 4.80. The quantitative estimate of drug-likeness (QED) is 0.622. The highest BCUT2D eigenvalue weighted by Crippen LogP contribution is 2.32. The number of aliphatic carboxylic acids is 1. The van der Waals surface area contributed by atoms with E-state index in [1.807, 2.05) is 6.07 Å². The van der Waals surface area contributed by atoms with Crippen molar-refractivity contribution in [3.05, 3.63) is 39.8 Å². The molecule has 4 nitrogen and oxygen atoms in total. The normalized spacial score (nSPS) is 17.1. The summed E-state index contributed by atoms with van der Waals surface area (Å²) in [6.07, 6.45) is 1.45. The van der Waals surface area contributed by atoms with Crippen molar-refractivity contribution >= 4 is 57.9 Å². The Morgan fingerprint density at radius 3 is 2.90 bits per heavy atom. The lowest BCUT2D eigenvalue weighted by molar-refractivity contribution is -0.305. The summed E-state index contributed by atoms with van der Waals surface area (Å²) in [6.45, 7) is 0.0277. The number of halogens is 1. The second kappa shape index (κ2) is 6.39. The third kappa shape index (κ3) is 3.59. The highest BCUT2D eigenvalue weighted by molar-refractivity contribution is 8.26. The smallest absolute Gasteiger partial charge is 0.266 e. The van der Waals surface area contributed by atoms with Crippen molar-refractivity contribution in [2.24, 2.45) is 0 Å². The lowest BCUT2D eigenvalue weighted by atomic mass is 10.2. The van der Waals surface area contributed by atoms with E-state index in [-0.39, 0.29) is 18.9 Å². The van der Waals surface area contributed by atoms with Crippen LogP contribution in [-0.2, 0) is 9.59 Å². The van der Waals surface area contributed by atoms with E-state index in [9.17, 15) is 14.7 Å². The molecule has 0 bridgehead atoms. The van der Waals surface area contributed by atoms with E-state index in [0.717, 1.165) is 17.3 Å². The van der Waals surface area contributed by atoms with Gasteiger partial charge in [-0.3, -0.25) is 9.69 Å². The number of hydrogen-bond donors (Lipinski definition) is 0. The van der Waals surface area contributed by atoms with Crippen molar-refractivity contribution in [1.29, 1.82) is 0 Å². The molecule has 0 atom stereocenters. The minimum absolute atomic E-state index is 0.0277. The molecule has 7 heteroatoms. The van der Waals surface area contributed by atoms with E-state index in [4.69, 9.17) is 23.8 Å². The zero-order valence-electron chi connectivity index (χ0n) is 10.2. The van der Waals surface area contributed by atoms with Crippen LogP contribution >= 0.6 is 35.6 Å². The first-order chi connectivity index (χ1) is 9.47. The molecule has 0 unspecified atom stereocenters. The van der Waals surface area contributed by atoms with Crippen molar-refractivity contribution in [2.45, 2.75) is 6.42 Å². The van der Waals surface area contributed by atoms with Crippen LogP contribution < -0.4 is 5.11 Å². The van der Waals surface area contributed by atoms with E-state index in [1.165, 1.54) is 4.90 Å². The maximum Gasteiger partial charge on any atom is 0.266 e. The number of carbonyl (C=O) groups excluding carboxylic acids is 2. The monoisotopic (exact) mass is 326 g/mol. The molecule has 1 saturated heterocycles. The summed E-state index contributed by atoms with van der Waals surface area (Å²) >= 11 is 12.1. The van der Waals surface area contributed by atoms with E-state index in [1.54, 1.807) is 24.3 Å². The van der Waals surface area contributed by atoms with Crippen LogP contribution in [0.3, 0.4) is 0 Å². The number of carboxylic acids is 1. The van der Waals surface area contributed by atoms with Gasteiger partial charge in [-0.25, -0.2) is 0 Å². The molecular formula is C13H9ClNO3S2-. The Morgan fingerprint density at radius 2 is 2.25 bits per heavy atom. The second-order valence-corrected chi connectivity index (χ2v) is 6.12. The minimum atomic E-state index is -1.21. The molecular weight excluding hydrogens is 318 g/mol. The van der Waals surface area contributed by atoms with Crippen LogP contribution in [0.4, 0.5) is 0 Å². The summed E-state index contributed by atoms with van der Waals surface area (Å²) in [6, 6.07) is 7.07. The van der Waals surface area contributed by atoms with Gasteiger partial charge >= 0.3 is 0 Å². The van der Waals surface area contributed by atoms with Gasteiger partial charge in [0.25, 0.3) is 5.91 Å². The van der Waals surface area contributed by atoms with Crippen LogP contribution in [0.5, 0.6) is 0 Å². The van der Waals surface area contributed by atoms with Gasteiger partial charge < -0.3 is 9.90 Å². The van der Waals surface area contributed by atoms with Gasteiger partial charge in [0.1, 0.15) is 4.32 Å². The van der Waals surface area contributed by atoms with E-state index in [0.29, 0.717) is 14.2 Å². The molecule has 0 radical (unpaired) electrons. The fourth-order valence-corrected chi connectivity index (χ4v) is 3.15. The third-order valence-corrected chi connectivity index (χ3v) is 4.17. The van der Waals surface area contributed by atoms with Crippen molar-refractivity contribution in [2.75, 3.05) is 6.54 Å². The van der Waals surface area contributed by atoms with Gasteiger partial charge in [0.05, 0.1) is 4.91 Å². The Hall–Kier alpha value is -1.37. The fourth-order valence-electron chi connectivity index (χ4n) is 1.64. The van der Waals surface area contributed by atoms with Gasteiger partial charge in [0.2, 0.25) is 0 Å². The summed E-state index contributed by atoms with van der Waals surface area (Å²) < 4.78 is 0.351. The predicted octanol–water partition coefficient (Wildman–Crippen LogP) is 1.68. The molecule has 0 aromatic heterocycles. The van der Waals surface area contributed by atoms with Gasteiger partial charge in [-0.1, -0.05) is 47.7 Å². The number of carbonyl (C=O) groups is 2. The highest BCUT2D eigenvalue weighted by atomic mass is 35.5. The molecule has 0 saturated carbocycles. The van der Waals surface area contributed by atoms with Crippen molar-refractivity contribution < 1.29 is 14.7 Å². The molecule has 1 amide bonds. The number of hydrogen-bond acceptors (Lipinski definition) is 5. The van der Waals surface area contributed by atoms with Gasteiger partial charge in [-0.15, -0.1) is 0 Å². The molecule has 1 heterocycles. The zero-order chi connectivity index (χ0) is 14.7. The molecule has 1 aliphatic rings. The molecule has 104 valence electrons. The van der Waals surface area contributed by atoms with Gasteiger partial charge in [0.15, 0.2) is 0 Å². The molecule has 1 aliphatic heterocycles. The summed E-state index contributed by atoms with van der Waals surface area (Å²) in [4.78, 5) is 24.3. The highest BCUT2D eigenvalue weighted by Gasteiger charge is 2.31. The standard InChI is InChI=1S/C13H10ClNO3S2/c14-9-3-1-2-8(6-9)7-10-12(18)15(13(19)20-10)5-4-11(16)17/h1-3,6-7H,4-5H2,(H,16,17)/p-1/b10-7-. The van der Waals surface area contributed by atoms with Gasteiger partial charge in [0, 0.05) is 24.0 Å². The first-order valence-electron chi connectivity index (χ1n) is 5.68. The van der Waals surface area contributed by atoms with Gasteiger partial charge in [-0.05, 0) is 23.8 Å². The van der Waals surface area contributed by atoms with Crippen LogP contribution in [0.1, 0.15) is 12.0 Å². The summed E-state index contributed by atoms with van der Waals surface area (Å²) in [5.74, 6) is -1.50. The molecule has 2 rings (SSSR count). The molecule has 0 N–H and O–H groups in total. The molecule has 1 aromatic rings. The van der Waals surface area contributed by atoms with E-state index < -0.39 is 5.97 Å². The summed E-state index contributed by atoms with van der Waals surface area (Å²) in [5.41, 5.74) is 0.790. The molecule has 20 heavy (non-hydrogen) atoms. The first-order valence-corrected chi connectivity index (χ1v) is 7.28. The minimum Gasteiger partial charge on any atom is -0.550 e. The summed E-state index contributed by atoms with van der Waals surface area (Å²) in [7, 11) is 0. The van der Waals surface area contributed by atoms with Crippen LogP contribution in [0.2, 0.25) is 5.02 Å². The van der Waals surface area contributed by atoms with Crippen molar-refractivity contribution in [3.63, 3.8) is 0 Å². The molecule has 1 aromatic carbocycles. The number of carboxylic acid groups (broad SMARTS) is 1. The number of rotatable bonds is 4. The average Bonchev–Trinajstić information content (AvgIpc) is 2.62. The maximum atomic E-state index is 12.1. The van der Waals surface area contributed by atoms with Crippen LogP contribution in [0.15, 0.2) is 29.2 Å². The molecule has 0 aliphatic carbocycles. The number of thioether (sulfide) groups is 1. The molecule has 0 spiro atoms. The SMILES string of the molecule is O=C([O-])CCN1C(=O)/C(=C/c2cccc(Cl)c2)SC1=S. The van der Waals surface area contributed by atoms with Crippen molar-refractivity contribution in [1.82, 2.24) is 4.90 Å². The summed E-state index contributed by atoms with van der Waals surface area (Å²) in [5, 5.41) is 11.0. The number of amides is 1. The number of nitrogens with zero attached hydrogens (tertiary/aromatic N) is 1. The number of benzene rings is 1. The molecule has 1 fully saturated rings. The van der Waals surface area contributed by atoms with E-state index in [2.05, 4.69) is 0 Å². The lowest BCUT2D eigenvalue weighted by Crippen LogP contribution is -2.33. The van der Waals surface area contributed by atoms with E-state index >= 15 is 0 Å². The number of thiocarbonyl (C=S) groups is 1. The van der Waals surface area contributed by atoms with Crippen LogP contribution in [0.25, 0.3) is 6.08 Å². The maximum absolute atomic E-state index is 12.1. The predicted molar refractivity (Wildman–Crippen MR) is 81.0 cm³/mol. The van der Waals surface area contributed by atoms with Crippen LogP contribution in [-0.4, -0.2) is 27.6 Å². The lowest BCUT2D eigenvalue weighted by Gasteiger charge is -2.14. The third-order valence-electron chi connectivity index (χ3n) is 2.56. The largest absolute Gasteiger partial charge is 0.550 e. The van der Waals surface area contributed by atoms with Crippen molar-refractivity contribution in [3.8, 4) is 0 Å². The Bertz CT molecular complexity index is 615. The first kappa shape index (κ1) is 15.0. The Balaban J connectivity index is 2.17. The Labute approximate surface area is 130 Å². The second-order valence-electron chi connectivity index (χ2n) is 4.01. The average molecular weight is 327 g/mol. The fraction of sp³-hybridized carbons (Fsp3) is 0.154. The zero-order valence-corrected chi connectivity index (χ0v) is 12.6.